The van der Waals surface area contributed by atoms with Gasteiger partial charge >= 0.3 is 0 Å². The minimum Gasteiger partial charge on any atom is -0.346 e. The van der Waals surface area contributed by atoms with Crippen molar-refractivity contribution in [1.29, 1.82) is 0 Å². The third-order valence-corrected chi connectivity index (χ3v) is 5.03. The molecule has 3 rings (SSSR count). The van der Waals surface area contributed by atoms with Gasteiger partial charge in [-0.1, -0.05) is 50.1 Å². The van der Waals surface area contributed by atoms with Crippen molar-refractivity contribution in [2.24, 2.45) is 0 Å². The Morgan fingerprint density at radius 1 is 1.29 bits per heavy atom. The zero-order valence-corrected chi connectivity index (χ0v) is 14.5. The molecule has 0 bridgehead atoms. The van der Waals surface area contributed by atoms with Crippen molar-refractivity contribution < 1.29 is 4.79 Å². The van der Waals surface area contributed by atoms with Crippen LogP contribution in [0.3, 0.4) is 0 Å². The van der Waals surface area contributed by atoms with Crippen LogP contribution in [-0.4, -0.2) is 20.7 Å². The van der Waals surface area contributed by atoms with Crippen LogP contribution in [0.5, 0.6) is 0 Å². The van der Waals surface area contributed by atoms with Gasteiger partial charge in [0.15, 0.2) is 0 Å². The average Bonchev–Trinajstić information content (AvgIpc) is 3.26. The van der Waals surface area contributed by atoms with Crippen LogP contribution >= 0.6 is 0 Å². The fourth-order valence-corrected chi connectivity index (χ4v) is 3.77. The van der Waals surface area contributed by atoms with Crippen molar-refractivity contribution in [2.75, 3.05) is 0 Å². The lowest BCUT2D eigenvalue weighted by Crippen LogP contribution is -2.44. The summed E-state index contributed by atoms with van der Waals surface area (Å²) in [6.45, 7) is 4.92. The first-order chi connectivity index (χ1) is 11.7. The van der Waals surface area contributed by atoms with E-state index in [0.29, 0.717) is 0 Å². The second kappa shape index (κ2) is 7.16. The molecule has 1 heterocycles. The number of hydrogen-bond donors (Lipinski definition) is 1. The first-order valence-electron chi connectivity index (χ1n) is 8.91. The molecule has 1 aliphatic carbocycles. The maximum absolute atomic E-state index is 13.2. The molecular weight excluding hydrogens is 300 g/mol. The van der Waals surface area contributed by atoms with Crippen LogP contribution in [0, 0.1) is 0 Å². The van der Waals surface area contributed by atoms with E-state index in [-0.39, 0.29) is 11.9 Å². The molecule has 1 aromatic heterocycles. The molecule has 5 heteroatoms. The number of nitrogens with one attached hydrogen (secondary N) is 1. The van der Waals surface area contributed by atoms with Gasteiger partial charge in [0.1, 0.15) is 12.2 Å². The molecule has 128 valence electrons. The fourth-order valence-electron chi connectivity index (χ4n) is 3.77. The summed E-state index contributed by atoms with van der Waals surface area (Å²) in [5.74, 6) is 0.941. The lowest BCUT2D eigenvalue weighted by atomic mass is 9.78. The number of carbonyl (C=O) groups excluding carboxylic acids is 1. The van der Waals surface area contributed by atoms with Gasteiger partial charge in [0.05, 0.1) is 11.5 Å². The van der Waals surface area contributed by atoms with Gasteiger partial charge in [0.2, 0.25) is 5.91 Å². The number of nitrogens with zero attached hydrogens (tertiary/aromatic N) is 3. The predicted molar refractivity (Wildman–Crippen MR) is 93.5 cm³/mol. The highest BCUT2D eigenvalue weighted by Crippen LogP contribution is 2.41. The average molecular weight is 326 g/mol. The van der Waals surface area contributed by atoms with Gasteiger partial charge in [-0.2, -0.15) is 5.10 Å². The molecule has 0 radical (unpaired) electrons. The molecule has 1 aliphatic rings. The third-order valence-electron chi connectivity index (χ3n) is 5.03. The monoisotopic (exact) mass is 326 g/mol. The number of amides is 1. The maximum Gasteiger partial charge on any atom is 0.231 e. The van der Waals surface area contributed by atoms with Gasteiger partial charge in [0.25, 0.3) is 0 Å². The lowest BCUT2D eigenvalue weighted by Gasteiger charge is -2.30. The van der Waals surface area contributed by atoms with Crippen molar-refractivity contribution >= 4 is 5.91 Å². The topological polar surface area (TPSA) is 59.8 Å². The van der Waals surface area contributed by atoms with E-state index < -0.39 is 5.41 Å². The van der Waals surface area contributed by atoms with Gasteiger partial charge in [-0.25, -0.2) is 9.67 Å². The minimum absolute atomic E-state index is 0.116. The number of aromatic nitrogens is 3. The Morgan fingerprint density at radius 3 is 2.67 bits per heavy atom. The van der Waals surface area contributed by atoms with Crippen molar-refractivity contribution in [3.05, 3.63) is 48.0 Å². The maximum atomic E-state index is 13.2. The minimum atomic E-state index is -0.398. The van der Waals surface area contributed by atoms with Crippen LogP contribution in [0.1, 0.15) is 63.4 Å². The first-order valence-corrected chi connectivity index (χ1v) is 8.91. The van der Waals surface area contributed by atoms with Crippen molar-refractivity contribution in [2.45, 2.75) is 64.0 Å². The molecule has 1 atom stereocenters. The fraction of sp³-hybridized carbons (Fsp3) is 0.526. The Balaban J connectivity index is 1.80. The zero-order chi connectivity index (χ0) is 17.0. The lowest BCUT2D eigenvalue weighted by molar-refractivity contribution is -0.127. The van der Waals surface area contributed by atoms with E-state index in [1.165, 1.54) is 0 Å². The van der Waals surface area contributed by atoms with E-state index >= 15 is 0 Å². The Morgan fingerprint density at radius 2 is 2.00 bits per heavy atom. The molecule has 0 aliphatic heterocycles. The van der Waals surface area contributed by atoms with Gasteiger partial charge < -0.3 is 5.32 Å². The largest absolute Gasteiger partial charge is 0.346 e. The zero-order valence-electron chi connectivity index (χ0n) is 14.5. The summed E-state index contributed by atoms with van der Waals surface area (Å²) in [6, 6.07) is 10.0. The van der Waals surface area contributed by atoms with Crippen LogP contribution in [0.2, 0.25) is 0 Å². The summed E-state index contributed by atoms with van der Waals surface area (Å²) in [5, 5.41) is 7.46. The highest BCUT2D eigenvalue weighted by molar-refractivity contribution is 5.88. The molecule has 0 spiro atoms. The number of hydrogen-bond acceptors (Lipinski definition) is 3. The summed E-state index contributed by atoms with van der Waals surface area (Å²) >= 11 is 0. The Kier molecular flexibility index (Phi) is 4.97. The standard InChI is InChI=1S/C19H26N4O/c1-3-13-23-17(20-14-21-23)15(2)22-18(24)19(11-7-8-12-19)16-9-5-4-6-10-16/h4-6,9-10,14-15H,3,7-8,11-13H2,1-2H3,(H,22,24)/t15-/m1/s1. The summed E-state index contributed by atoms with van der Waals surface area (Å²) < 4.78 is 1.88. The van der Waals surface area contributed by atoms with Crippen LogP contribution in [0.15, 0.2) is 36.7 Å². The highest BCUT2D eigenvalue weighted by atomic mass is 16.2. The molecule has 1 aromatic carbocycles. The molecule has 1 saturated carbocycles. The number of rotatable bonds is 6. The molecule has 0 unspecified atom stereocenters. The van der Waals surface area contributed by atoms with Crippen molar-refractivity contribution in [3.8, 4) is 0 Å². The number of carbonyl (C=O) groups is 1. The summed E-state index contributed by atoms with van der Waals surface area (Å²) in [4.78, 5) is 17.5. The normalized spacial score (nSPS) is 17.6. The van der Waals surface area contributed by atoms with E-state index in [1.807, 2.05) is 29.8 Å². The van der Waals surface area contributed by atoms with Gasteiger partial charge in [-0.3, -0.25) is 4.79 Å². The van der Waals surface area contributed by atoms with E-state index in [9.17, 15) is 4.79 Å². The molecule has 0 saturated heterocycles. The Bertz CT molecular complexity index is 674. The second-order valence-electron chi connectivity index (χ2n) is 6.69. The molecule has 1 fully saturated rings. The molecule has 24 heavy (non-hydrogen) atoms. The van der Waals surface area contributed by atoms with Gasteiger partial charge in [0, 0.05) is 6.54 Å². The summed E-state index contributed by atoms with van der Waals surface area (Å²) in [6.07, 6.45) is 6.58. The smallest absolute Gasteiger partial charge is 0.231 e. The third kappa shape index (κ3) is 3.07. The molecule has 2 aromatic rings. The predicted octanol–water partition coefficient (Wildman–Crippen LogP) is 3.38. The van der Waals surface area contributed by atoms with E-state index in [0.717, 1.165) is 50.0 Å². The van der Waals surface area contributed by atoms with E-state index in [4.69, 9.17) is 0 Å². The highest BCUT2D eigenvalue weighted by Gasteiger charge is 2.43. The van der Waals surface area contributed by atoms with E-state index in [2.05, 4.69) is 34.5 Å². The van der Waals surface area contributed by atoms with Crippen molar-refractivity contribution in [1.82, 2.24) is 20.1 Å². The number of aryl methyl sites for hydroxylation is 1. The molecule has 5 nitrogen and oxygen atoms in total. The molecule has 1 amide bonds. The quantitative estimate of drug-likeness (QED) is 0.885. The number of benzene rings is 1. The summed E-state index contributed by atoms with van der Waals surface area (Å²) in [5.41, 5.74) is 0.729. The van der Waals surface area contributed by atoms with Crippen LogP contribution in [-0.2, 0) is 16.8 Å². The van der Waals surface area contributed by atoms with Gasteiger partial charge in [-0.05, 0) is 31.7 Å². The van der Waals surface area contributed by atoms with Crippen LogP contribution < -0.4 is 5.32 Å². The Hall–Kier alpha value is -2.17. The SMILES string of the molecule is CCCn1ncnc1[C@@H](C)NC(=O)C1(c2ccccc2)CCCC1. The van der Waals surface area contributed by atoms with E-state index in [1.54, 1.807) is 6.33 Å². The Labute approximate surface area is 143 Å². The summed E-state index contributed by atoms with van der Waals surface area (Å²) in [7, 11) is 0. The van der Waals surface area contributed by atoms with Crippen LogP contribution in [0.4, 0.5) is 0 Å². The van der Waals surface area contributed by atoms with Crippen LogP contribution in [0.25, 0.3) is 0 Å². The van der Waals surface area contributed by atoms with Gasteiger partial charge in [-0.15, -0.1) is 0 Å². The van der Waals surface area contributed by atoms with Crippen molar-refractivity contribution in [3.63, 3.8) is 0 Å². The first kappa shape index (κ1) is 16.7. The molecular formula is C19H26N4O. The second-order valence-corrected chi connectivity index (χ2v) is 6.69. The molecule has 1 N–H and O–H groups in total.